The van der Waals surface area contributed by atoms with Gasteiger partial charge in [-0.3, -0.25) is 0 Å². The molecule has 0 bridgehead atoms. The van der Waals surface area contributed by atoms with Gasteiger partial charge in [-0.25, -0.2) is 0 Å². The van der Waals surface area contributed by atoms with Crippen molar-refractivity contribution in [2.75, 3.05) is 0 Å². The normalized spacial score (nSPS) is 12.1. The van der Waals surface area contributed by atoms with Crippen molar-refractivity contribution in [3.05, 3.63) is 70.0 Å². The number of aromatic amines is 1. The van der Waals surface area contributed by atoms with E-state index in [4.69, 9.17) is 28.5 Å². The Balaban J connectivity index is 2.41. The van der Waals surface area contributed by atoms with Crippen molar-refractivity contribution in [2.45, 2.75) is 6.92 Å². The molecule has 0 spiro atoms. The number of nitrogens with zero attached hydrogens (tertiary/aromatic N) is 3. The van der Waals surface area contributed by atoms with E-state index in [2.05, 4.69) is 22.0 Å². The van der Waals surface area contributed by atoms with Crippen LogP contribution in [0.3, 0.4) is 0 Å². The molecule has 6 heteroatoms. The predicted octanol–water partition coefficient (Wildman–Crippen LogP) is 4.66. The summed E-state index contributed by atoms with van der Waals surface area (Å²) in [6, 6.07) is 7.26. The highest BCUT2D eigenvalue weighted by molar-refractivity contribution is 6.34. The Morgan fingerprint density at radius 3 is 2.77 bits per heavy atom. The average molecular weight is 331 g/mol. The molecule has 0 aliphatic carbocycles. The van der Waals surface area contributed by atoms with Crippen molar-refractivity contribution in [3.63, 3.8) is 0 Å². The number of allylic oxidation sites excluding steroid dienone is 5. The minimum Gasteiger partial charge on any atom is -0.196 e. The second-order valence-electron chi connectivity index (χ2n) is 4.43. The van der Waals surface area contributed by atoms with Crippen molar-refractivity contribution in [3.8, 4) is 6.07 Å². The molecule has 1 heterocycles. The van der Waals surface area contributed by atoms with Crippen LogP contribution in [-0.2, 0) is 0 Å². The van der Waals surface area contributed by atoms with E-state index in [-0.39, 0.29) is 5.69 Å². The van der Waals surface area contributed by atoms with Gasteiger partial charge < -0.3 is 0 Å². The van der Waals surface area contributed by atoms with Gasteiger partial charge in [-0.05, 0) is 36.3 Å². The number of hydrogen-bond donors (Lipinski definition) is 1. The fourth-order valence-electron chi connectivity index (χ4n) is 1.86. The zero-order valence-corrected chi connectivity index (χ0v) is 13.3. The van der Waals surface area contributed by atoms with Crippen molar-refractivity contribution in [1.29, 1.82) is 5.26 Å². The van der Waals surface area contributed by atoms with Crippen molar-refractivity contribution >= 4 is 34.3 Å². The molecule has 1 N–H and O–H groups in total. The van der Waals surface area contributed by atoms with Gasteiger partial charge in [-0.1, -0.05) is 48.0 Å². The van der Waals surface area contributed by atoms with Gasteiger partial charge >= 0.3 is 0 Å². The Morgan fingerprint density at radius 1 is 1.32 bits per heavy atom. The van der Waals surface area contributed by atoms with E-state index in [0.717, 1.165) is 11.1 Å². The highest BCUT2D eigenvalue weighted by atomic mass is 35.5. The van der Waals surface area contributed by atoms with E-state index < -0.39 is 0 Å². The molecule has 0 atom stereocenters. The van der Waals surface area contributed by atoms with Gasteiger partial charge in [-0.2, -0.15) is 15.6 Å². The Hall–Kier alpha value is -2.35. The SMILES string of the molecule is C=C/C(=C\C=C(/C)c1cc(Cl)ccc1Cl)c1n[nH]nc1C#N. The van der Waals surface area contributed by atoms with Crippen LogP contribution in [0.5, 0.6) is 0 Å². The molecule has 0 saturated carbocycles. The Kier molecular flexibility index (Phi) is 5.16. The van der Waals surface area contributed by atoms with Crippen LogP contribution in [0.15, 0.2) is 43.0 Å². The molecule has 0 aliphatic rings. The topological polar surface area (TPSA) is 65.4 Å². The number of aromatic nitrogens is 3. The van der Waals surface area contributed by atoms with Crippen LogP contribution in [0.25, 0.3) is 11.1 Å². The van der Waals surface area contributed by atoms with E-state index in [1.54, 1.807) is 30.4 Å². The van der Waals surface area contributed by atoms with Gasteiger partial charge in [-0.15, -0.1) is 5.10 Å². The maximum absolute atomic E-state index is 8.99. The first kappa shape index (κ1) is 16.0. The fraction of sp³-hybridized carbons (Fsp3) is 0.0625. The number of hydrogen-bond acceptors (Lipinski definition) is 3. The van der Waals surface area contributed by atoms with Crippen LogP contribution >= 0.6 is 23.2 Å². The molecule has 2 rings (SSSR count). The summed E-state index contributed by atoms with van der Waals surface area (Å²) < 4.78 is 0. The summed E-state index contributed by atoms with van der Waals surface area (Å²) in [6.45, 7) is 5.66. The number of rotatable bonds is 4. The predicted molar refractivity (Wildman–Crippen MR) is 89.4 cm³/mol. The maximum Gasteiger partial charge on any atom is 0.190 e. The summed E-state index contributed by atoms with van der Waals surface area (Å²) in [6.07, 6.45) is 5.28. The molecule has 4 nitrogen and oxygen atoms in total. The summed E-state index contributed by atoms with van der Waals surface area (Å²) in [5, 5.41) is 20.4. The van der Waals surface area contributed by atoms with E-state index in [0.29, 0.717) is 21.3 Å². The van der Waals surface area contributed by atoms with Crippen LogP contribution < -0.4 is 0 Å². The van der Waals surface area contributed by atoms with Crippen LogP contribution in [0, 0.1) is 11.3 Å². The monoisotopic (exact) mass is 330 g/mol. The smallest absolute Gasteiger partial charge is 0.190 e. The Labute approximate surface area is 138 Å². The molecule has 0 aliphatic heterocycles. The zero-order valence-electron chi connectivity index (χ0n) is 11.8. The van der Waals surface area contributed by atoms with E-state index >= 15 is 0 Å². The van der Waals surface area contributed by atoms with E-state index in [9.17, 15) is 0 Å². The summed E-state index contributed by atoms with van der Waals surface area (Å²) >= 11 is 12.2. The lowest BCUT2D eigenvalue weighted by atomic mass is 10.1. The number of nitriles is 1. The fourth-order valence-corrected chi connectivity index (χ4v) is 2.30. The second-order valence-corrected chi connectivity index (χ2v) is 5.28. The van der Waals surface area contributed by atoms with Crippen molar-refractivity contribution in [1.82, 2.24) is 15.4 Å². The maximum atomic E-state index is 8.99. The third-order valence-corrected chi connectivity index (χ3v) is 3.58. The van der Waals surface area contributed by atoms with Crippen LogP contribution in [0.2, 0.25) is 10.0 Å². The van der Waals surface area contributed by atoms with Gasteiger partial charge in [0.1, 0.15) is 11.8 Å². The standard InChI is InChI=1S/C16H12Cl2N4/c1-3-11(16-15(9-19)20-22-21-16)5-4-10(2)13-8-12(17)6-7-14(13)18/h3-8H,1H2,2H3,(H,20,21,22)/b10-4+,11-5+. The highest BCUT2D eigenvalue weighted by Crippen LogP contribution is 2.27. The Bertz CT molecular complexity index is 810. The minimum atomic E-state index is 0.220. The van der Waals surface area contributed by atoms with E-state index in [1.165, 1.54) is 0 Å². The molecule has 0 radical (unpaired) electrons. The van der Waals surface area contributed by atoms with E-state index in [1.807, 2.05) is 19.1 Å². The molecule has 1 aromatic carbocycles. The third-order valence-electron chi connectivity index (χ3n) is 3.01. The van der Waals surface area contributed by atoms with Gasteiger partial charge in [0, 0.05) is 15.6 Å². The minimum absolute atomic E-state index is 0.220. The van der Waals surface area contributed by atoms with Crippen LogP contribution in [0.1, 0.15) is 23.9 Å². The summed E-state index contributed by atoms with van der Waals surface area (Å²) in [4.78, 5) is 0. The number of halogens is 2. The first-order chi connectivity index (χ1) is 10.6. The number of benzene rings is 1. The lowest BCUT2D eigenvalue weighted by Gasteiger charge is -2.05. The molecular weight excluding hydrogens is 319 g/mol. The lowest BCUT2D eigenvalue weighted by Crippen LogP contribution is -1.86. The molecule has 0 amide bonds. The van der Waals surface area contributed by atoms with Gasteiger partial charge in [0.15, 0.2) is 5.69 Å². The largest absolute Gasteiger partial charge is 0.196 e. The molecular formula is C16H12Cl2N4. The molecule has 2 aromatic rings. The molecule has 0 fully saturated rings. The summed E-state index contributed by atoms with van der Waals surface area (Å²) in [7, 11) is 0. The lowest BCUT2D eigenvalue weighted by molar-refractivity contribution is 0.932. The van der Waals surface area contributed by atoms with Crippen LogP contribution in [0.4, 0.5) is 0 Å². The summed E-state index contributed by atoms with van der Waals surface area (Å²) in [5.41, 5.74) is 3.13. The van der Waals surface area contributed by atoms with Gasteiger partial charge in [0.2, 0.25) is 0 Å². The Morgan fingerprint density at radius 2 is 2.09 bits per heavy atom. The van der Waals surface area contributed by atoms with Gasteiger partial charge in [0.05, 0.1) is 0 Å². The highest BCUT2D eigenvalue weighted by Gasteiger charge is 2.09. The molecule has 110 valence electrons. The number of nitrogens with one attached hydrogen (secondary N) is 1. The van der Waals surface area contributed by atoms with Gasteiger partial charge in [0.25, 0.3) is 0 Å². The van der Waals surface area contributed by atoms with Crippen molar-refractivity contribution < 1.29 is 0 Å². The average Bonchev–Trinajstić information content (AvgIpc) is 2.98. The zero-order chi connectivity index (χ0) is 16.1. The van der Waals surface area contributed by atoms with Crippen LogP contribution in [-0.4, -0.2) is 15.4 Å². The summed E-state index contributed by atoms with van der Waals surface area (Å²) in [5.74, 6) is 0. The molecule has 0 unspecified atom stereocenters. The molecule has 0 saturated heterocycles. The first-order valence-corrected chi connectivity index (χ1v) is 7.10. The molecule has 22 heavy (non-hydrogen) atoms. The number of H-pyrrole nitrogens is 1. The second kappa shape index (κ2) is 7.08. The first-order valence-electron chi connectivity index (χ1n) is 6.34. The molecule has 1 aromatic heterocycles. The third kappa shape index (κ3) is 3.45. The quantitative estimate of drug-likeness (QED) is 0.829. The van der Waals surface area contributed by atoms with Crippen molar-refractivity contribution in [2.24, 2.45) is 0 Å².